The summed E-state index contributed by atoms with van der Waals surface area (Å²) in [6.45, 7) is 0.976. The molecule has 0 heterocycles. The molecule has 0 aromatic heterocycles. The first-order valence-electron chi connectivity index (χ1n) is 5.98. The van der Waals surface area contributed by atoms with E-state index in [0.717, 1.165) is 0 Å². The smallest absolute Gasteiger partial charge is 0.142 e. The number of hydrogen-bond acceptors (Lipinski definition) is 3. The zero-order valence-corrected chi connectivity index (χ0v) is 12.0. The van der Waals surface area contributed by atoms with Crippen LogP contribution >= 0.6 is 23.2 Å². The fourth-order valence-corrected chi connectivity index (χ4v) is 2.43. The van der Waals surface area contributed by atoms with Gasteiger partial charge in [0.05, 0.1) is 23.6 Å². The summed E-state index contributed by atoms with van der Waals surface area (Å²) in [6, 6.07) is 4.26. The average molecular weight is 309 g/mol. The highest BCUT2D eigenvalue weighted by Gasteiger charge is 2.42. The van der Waals surface area contributed by atoms with Gasteiger partial charge in [0, 0.05) is 19.6 Å². The molecule has 0 amide bonds. The SMILES string of the molecule is COCCOC1C(Cl)CC1Oc1ccc(F)c(Cl)c1. The van der Waals surface area contributed by atoms with Gasteiger partial charge in [0.25, 0.3) is 0 Å². The molecule has 1 aliphatic rings. The van der Waals surface area contributed by atoms with Gasteiger partial charge in [0.15, 0.2) is 0 Å². The van der Waals surface area contributed by atoms with Crippen molar-refractivity contribution in [3.63, 3.8) is 0 Å². The van der Waals surface area contributed by atoms with E-state index in [1.165, 1.54) is 18.2 Å². The monoisotopic (exact) mass is 308 g/mol. The molecule has 6 heteroatoms. The summed E-state index contributed by atoms with van der Waals surface area (Å²) in [4.78, 5) is 0. The second-order valence-electron chi connectivity index (χ2n) is 4.31. The quantitative estimate of drug-likeness (QED) is 0.596. The minimum absolute atomic E-state index is 0.0381. The van der Waals surface area contributed by atoms with Gasteiger partial charge >= 0.3 is 0 Å². The predicted molar refractivity (Wildman–Crippen MR) is 71.7 cm³/mol. The largest absolute Gasteiger partial charge is 0.488 e. The maximum absolute atomic E-state index is 13.0. The van der Waals surface area contributed by atoms with Crippen molar-refractivity contribution < 1.29 is 18.6 Å². The third-order valence-corrected chi connectivity index (χ3v) is 3.67. The third kappa shape index (κ3) is 3.72. The highest BCUT2D eigenvalue weighted by molar-refractivity contribution is 6.30. The molecule has 0 N–H and O–H groups in total. The summed E-state index contributed by atoms with van der Waals surface area (Å²) in [5.41, 5.74) is 0. The zero-order chi connectivity index (χ0) is 13.8. The van der Waals surface area contributed by atoms with Gasteiger partial charge in [-0.3, -0.25) is 0 Å². The third-order valence-electron chi connectivity index (χ3n) is 2.96. The Kier molecular flexibility index (Phi) is 5.28. The lowest BCUT2D eigenvalue weighted by atomic mass is 9.91. The van der Waals surface area contributed by atoms with Gasteiger partial charge in [0.1, 0.15) is 23.8 Å². The maximum Gasteiger partial charge on any atom is 0.142 e. The molecule has 1 aliphatic carbocycles. The molecular weight excluding hydrogens is 294 g/mol. The summed E-state index contributed by atoms with van der Waals surface area (Å²) >= 11 is 11.8. The Bertz CT molecular complexity index is 430. The van der Waals surface area contributed by atoms with Crippen LogP contribution in [-0.4, -0.2) is 37.9 Å². The van der Waals surface area contributed by atoms with E-state index in [-0.39, 0.29) is 22.6 Å². The molecule has 2 rings (SSSR count). The summed E-state index contributed by atoms with van der Waals surface area (Å²) in [6.07, 6.45) is 0.371. The van der Waals surface area contributed by atoms with E-state index < -0.39 is 5.82 Å². The normalized spacial score (nSPS) is 26.0. The number of methoxy groups -OCH3 is 1. The van der Waals surface area contributed by atoms with Crippen LogP contribution in [0.25, 0.3) is 0 Å². The minimum atomic E-state index is -0.467. The maximum atomic E-state index is 13.0. The van der Waals surface area contributed by atoms with Crippen LogP contribution in [0.4, 0.5) is 4.39 Å². The van der Waals surface area contributed by atoms with Crippen LogP contribution in [0.2, 0.25) is 5.02 Å². The molecule has 1 fully saturated rings. The highest BCUT2D eigenvalue weighted by atomic mass is 35.5. The van der Waals surface area contributed by atoms with Crippen molar-refractivity contribution in [3.8, 4) is 5.75 Å². The molecule has 3 atom stereocenters. The van der Waals surface area contributed by atoms with Crippen molar-refractivity contribution in [2.75, 3.05) is 20.3 Å². The standard InChI is InChI=1S/C13H15Cl2FO3/c1-17-4-5-18-13-10(15)7-12(13)19-8-2-3-11(16)9(14)6-8/h2-3,6,10,12-13H,4-5,7H2,1H3. The number of ether oxygens (including phenoxy) is 3. The minimum Gasteiger partial charge on any atom is -0.488 e. The summed E-state index contributed by atoms with van der Waals surface area (Å²) < 4.78 is 29.2. The Morgan fingerprint density at radius 2 is 2.16 bits per heavy atom. The van der Waals surface area contributed by atoms with Crippen LogP contribution in [0, 0.1) is 5.82 Å². The van der Waals surface area contributed by atoms with Crippen molar-refractivity contribution in [3.05, 3.63) is 29.0 Å². The lowest BCUT2D eigenvalue weighted by Gasteiger charge is -2.40. The number of rotatable bonds is 6. The Balaban J connectivity index is 1.89. The van der Waals surface area contributed by atoms with Gasteiger partial charge in [-0.1, -0.05) is 11.6 Å². The molecular formula is C13H15Cl2FO3. The molecule has 0 radical (unpaired) electrons. The molecule has 0 bridgehead atoms. The van der Waals surface area contributed by atoms with Crippen LogP contribution in [0.1, 0.15) is 6.42 Å². The van der Waals surface area contributed by atoms with Gasteiger partial charge in [0.2, 0.25) is 0 Å². The van der Waals surface area contributed by atoms with Gasteiger partial charge in [-0.2, -0.15) is 0 Å². The average Bonchev–Trinajstić information content (AvgIpc) is 2.38. The number of alkyl halides is 1. The van der Waals surface area contributed by atoms with E-state index in [1.54, 1.807) is 7.11 Å². The van der Waals surface area contributed by atoms with Crippen molar-refractivity contribution in [2.24, 2.45) is 0 Å². The molecule has 0 spiro atoms. The second kappa shape index (κ2) is 6.75. The number of benzene rings is 1. The lowest BCUT2D eigenvalue weighted by Crippen LogP contribution is -2.53. The van der Waals surface area contributed by atoms with Crippen LogP contribution in [-0.2, 0) is 9.47 Å². The second-order valence-corrected chi connectivity index (χ2v) is 5.28. The molecule has 1 saturated carbocycles. The highest BCUT2D eigenvalue weighted by Crippen LogP contribution is 2.33. The van der Waals surface area contributed by atoms with Crippen LogP contribution in [0.3, 0.4) is 0 Å². The molecule has 0 saturated heterocycles. The lowest BCUT2D eigenvalue weighted by molar-refractivity contribution is -0.0898. The van der Waals surface area contributed by atoms with Crippen molar-refractivity contribution in [1.82, 2.24) is 0 Å². The molecule has 3 unspecified atom stereocenters. The van der Waals surface area contributed by atoms with Crippen LogP contribution in [0.5, 0.6) is 5.75 Å². The summed E-state index contributed by atoms with van der Waals surface area (Å²) in [5.74, 6) is 0.0473. The Hall–Kier alpha value is -0.550. The molecule has 3 nitrogen and oxygen atoms in total. The topological polar surface area (TPSA) is 27.7 Å². The number of halogens is 3. The van der Waals surface area contributed by atoms with E-state index in [2.05, 4.69) is 0 Å². The Morgan fingerprint density at radius 1 is 1.37 bits per heavy atom. The van der Waals surface area contributed by atoms with Gasteiger partial charge < -0.3 is 14.2 Å². The molecule has 1 aromatic carbocycles. The van der Waals surface area contributed by atoms with Crippen molar-refractivity contribution >= 4 is 23.2 Å². The van der Waals surface area contributed by atoms with E-state index in [1.807, 2.05) is 0 Å². The summed E-state index contributed by atoms with van der Waals surface area (Å²) in [7, 11) is 1.61. The van der Waals surface area contributed by atoms with Gasteiger partial charge in [-0.25, -0.2) is 4.39 Å². The van der Waals surface area contributed by atoms with Gasteiger partial charge in [-0.15, -0.1) is 11.6 Å². The molecule has 106 valence electrons. The summed E-state index contributed by atoms with van der Waals surface area (Å²) in [5, 5.41) is -0.0334. The number of hydrogen-bond donors (Lipinski definition) is 0. The zero-order valence-electron chi connectivity index (χ0n) is 10.4. The first kappa shape index (κ1) is 14.9. The molecule has 19 heavy (non-hydrogen) atoms. The van der Waals surface area contributed by atoms with E-state index in [4.69, 9.17) is 37.4 Å². The Morgan fingerprint density at radius 3 is 2.79 bits per heavy atom. The van der Waals surface area contributed by atoms with Gasteiger partial charge in [-0.05, 0) is 12.1 Å². The van der Waals surface area contributed by atoms with E-state index in [9.17, 15) is 4.39 Å². The van der Waals surface area contributed by atoms with E-state index >= 15 is 0 Å². The molecule has 0 aliphatic heterocycles. The predicted octanol–water partition coefficient (Wildman–Crippen LogP) is 3.27. The van der Waals surface area contributed by atoms with Crippen molar-refractivity contribution in [1.29, 1.82) is 0 Å². The Labute approximate surface area is 121 Å². The fourth-order valence-electron chi connectivity index (χ4n) is 1.85. The fraction of sp³-hybridized carbons (Fsp3) is 0.538. The first-order valence-corrected chi connectivity index (χ1v) is 6.79. The molecule has 1 aromatic rings. The van der Waals surface area contributed by atoms with Crippen molar-refractivity contribution in [2.45, 2.75) is 24.0 Å². The van der Waals surface area contributed by atoms with Crippen LogP contribution < -0.4 is 4.74 Å². The van der Waals surface area contributed by atoms with E-state index in [0.29, 0.717) is 25.4 Å². The van der Waals surface area contributed by atoms with Crippen LogP contribution in [0.15, 0.2) is 18.2 Å². The first-order chi connectivity index (χ1) is 9.11.